The van der Waals surface area contributed by atoms with Gasteiger partial charge in [-0.1, -0.05) is 13.3 Å². The molecule has 3 atom stereocenters. The first-order chi connectivity index (χ1) is 8.06. The number of hydrogen-bond acceptors (Lipinski definition) is 2. The molecule has 1 rings (SSSR count). The summed E-state index contributed by atoms with van der Waals surface area (Å²) in [5, 5.41) is 3.34. The average Bonchev–Trinajstić information content (AvgIpc) is 2.27. The van der Waals surface area contributed by atoms with E-state index in [1.807, 2.05) is 7.05 Å². The van der Waals surface area contributed by atoms with Crippen LogP contribution in [0.5, 0.6) is 0 Å². The first-order valence-corrected chi connectivity index (χ1v) is 6.70. The van der Waals surface area contributed by atoms with Gasteiger partial charge >= 0.3 is 0 Å². The molecule has 0 aromatic heterocycles. The fraction of sp³-hybridized carbons (Fsp3) is 1.00. The van der Waals surface area contributed by atoms with Gasteiger partial charge in [0.1, 0.15) is 0 Å². The van der Waals surface area contributed by atoms with Gasteiger partial charge in [0.05, 0.1) is 6.54 Å². The summed E-state index contributed by atoms with van der Waals surface area (Å²) in [5.41, 5.74) is 0. The lowest BCUT2D eigenvalue weighted by Gasteiger charge is -2.37. The van der Waals surface area contributed by atoms with E-state index in [9.17, 15) is 8.78 Å². The highest BCUT2D eigenvalue weighted by atomic mass is 19.3. The van der Waals surface area contributed by atoms with Crippen molar-refractivity contribution in [3.05, 3.63) is 0 Å². The smallest absolute Gasteiger partial charge is 0.251 e. The van der Waals surface area contributed by atoms with E-state index in [4.69, 9.17) is 0 Å². The highest BCUT2D eigenvalue weighted by Crippen LogP contribution is 2.31. The zero-order valence-electron chi connectivity index (χ0n) is 11.3. The van der Waals surface area contributed by atoms with E-state index in [0.29, 0.717) is 12.0 Å². The molecule has 1 fully saturated rings. The quantitative estimate of drug-likeness (QED) is 0.777. The van der Waals surface area contributed by atoms with Gasteiger partial charge in [-0.3, -0.25) is 0 Å². The van der Waals surface area contributed by atoms with Crippen molar-refractivity contribution < 1.29 is 8.78 Å². The number of halogens is 2. The van der Waals surface area contributed by atoms with Crippen molar-refractivity contribution in [2.75, 3.05) is 27.2 Å². The van der Waals surface area contributed by atoms with Gasteiger partial charge in [-0.2, -0.15) is 0 Å². The molecule has 0 bridgehead atoms. The molecule has 0 amide bonds. The van der Waals surface area contributed by atoms with Gasteiger partial charge in [0.2, 0.25) is 0 Å². The van der Waals surface area contributed by atoms with E-state index in [1.165, 1.54) is 25.7 Å². The van der Waals surface area contributed by atoms with E-state index in [-0.39, 0.29) is 6.54 Å². The van der Waals surface area contributed by atoms with Crippen LogP contribution in [0.2, 0.25) is 0 Å². The maximum absolute atomic E-state index is 12.3. The Bertz CT molecular complexity index is 212. The number of rotatable bonds is 6. The van der Waals surface area contributed by atoms with E-state index >= 15 is 0 Å². The van der Waals surface area contributed by atoms with E-state index in [0.717, 1.165) is 12.5 Å². The summed E-state index contributed by atoms with van der Waals surface area (Å²) in [6, 6.07) is 0.498. The van der Waals surface area contributed by atoms with Gasteiger partial charge in [0.15, 0.2) is 0 Å². The molecule has 4 heteroatoms. The summed E-state index contributed by atoms with van der Waals surface area (Å²) in [4.78, 5) is 1.78. The zero-order chi connectivity index (χ0) is 12.8. The van der Waals surface area contributed by atoms with Gasteiger partial charge in [-0.05, 0) is 45.2 Å². The fourth-order valence-electron chi connectivity index (χ4n) is 3.02. The molecule has 0 aliphatic heterocycles. The molecule has 1 aliphatic rings. The van der Waals surface area contributed by atoms with Gasteiger partial charge in [-0.15, -0.1) is 0 Å². The van der Waals surface area contributed by atoms with Gasteiger partial charge in [0.25, 0.3) is 6.43 Å². The predicted molar refractivity (Wildman–Crippen MR) is 67.5 cm³/mol. The highest BCUT2D eigenvalue weighted by Gasteiger charge is 2.29. The summed E-state index contributed by atoms with van der Waals surface area (Å²) >= 11 is 0. The lowest BCUT2D eigenvalue weighted by atomic mass is 9.76. The molecule has 1 aliphatic carbocycles. The van der Waals surface area contributed by atoms with Crippen molar-refractivity contribution in [3.8, 4) is 0 Å². The Kier molecular flexibility index (Phi) is 6.34. The normalized spacial score (nSPS) is 30.2. The second-order valence-corrected chi connectivity index (χ2v) is 5.35. The minimum atomic E-state index is -2.22. The average molecular weight is 248 g/mol. The van der Waals surface area contributed by atoms with Crippen molar-refractivity contribution in [1.82, 2.24) is 10.2 Å². The molecular weight excluding hydrogens is 222 g/mol. The lowest BCUT2D eigenvalue weighted by Crippen LogP contribution is -2.44. The van der Waals surface area contributed by atoms with Crippen molar-refractivity contribution >= 4 is 0 Å². The molecular formula is C13H26F2N2. The fourth-order valence-corrected chi connectivity index (χ4v) is 3.02. The summed E-state index contributed by atoms with van der Waals surface area (Å²) in [7, 11) is 3.78. The van der Waals surface area contributed by atoms with E-state index < -0.39 is 6.43 Å². The minimum absolute atomic E-state index is 0.107. The molecule has 0 aromatic rings. The van der Waals surface area contributed by atoms with Gasteiger partial charge in [-0.25, -0.2) is 8.78 Å². The summed E-state index contributed by atoms with van der Waals surface area (Å²) in [5.74, 6) is 1.30. The van der Waals surface area contributed by atoms with Crippen LogP contribution < -0.4 is 5.32 Å². The van der Waals surface area contributed by atoms with Crippen LogP contribution in [0, 0.1) is 11.8 Å². The number of hydrogen-bond donors (Lipinski definition) is 1. The molecule has 0 radical (unpaired) electrons. The summed E-state index contributed by atoms with van der Waals surface area (Å²) < 4.78 is 24.6. The van der Waals surface area contributed by atoms with Crippen LogP contribution >= 0.6 is 0 Å². The van der Waals surface area contributed by atoms with Crippen LogP contribution in [0.3, 0.4) is 0 Å². The third-order valence-corrected chi connectivity index (χ3v) is 4.04. The second kappa shape index (κ2) is 7.27. The Morgan fingerprint density at radius 2 is 2.06 bits per heavy atom. The molecule has 0 spiro atoms. The van der Waals surface area contributed by atoms with Crippen LogP contribution in [-0.4, -0.2) is 44.6 Å². The summed E-state index contributed by atoms with van der Waals surface area (Å²) in [6.45, 7) is 2.90. The SMILES string of the molecule is CCC1CCC(NC)C(CN(C)CC(F)F)C1. The number of alkyl halides is 2. The van der Waals surface area contributed by atoms with E-state index in [2.05, 4.69) is 12.2 Å². The maximum Gasteiger partial charge on any atom is 0.251 e. The molecule has 17 heavy (non-hydrogen) atoms. The molecule has 0 heterocycles. The van der Waals surface area contributed by atoms with Gasteiger partial charge in [0, 0.05) is 12.6 Å². The number of nitrogens with zero attached hydrogens (tertiary/aromatic N) is 1. The standard InChI is InChI=1S/C13H26F2N2/c1-4-10-5-6-12(16-2)11(7-10)8-17(3)9-13(14)15/h10-13,16H,4-9H2,1-3H3. The van der Waals surface area contributed by atoms with Crippen molar-refractivity contribution in [2.45, 2.75) is 45.1 Å². The molecule has 0 saturated heterocycles. The molecule has 0 aromatic carbocycles. The highest BCUT2D eigenvalue weighted by molar-refractivity contribution is 4.85. The Morgan fingerprint density at radius 3 is 2.59 bits per heavy atom. The van der Waals surface area contributed by atoms with Crippen molar-refractivity contribution in [2.24, 2.45) is 11.8 Å². The van der Waals surface area contributed by atoms with E-state index in [1.54, 1.807) is 11.9 Å². The van der Waals surface area contributed by atoms with Crippen LogP contribution in [0.4, 0.5) is 8.78 Å². The van der Waals surface area contributed by atoms with Crippen LogP contribution in [0.15, 0.2) is 0 Å². The lowest BCUT2D eigenvalue weighted by molar-refractivity contribution is 0.0790. The largest absolute Gasteiger partial charge is 0.317 e. The van der Waals surface area contributed by atoms with Crippen LogP contribution in [-0.2, 0) is 0 Å². The first-order valence-electron chi connectivity index (χ1n) is 6.70. The van der Waals surface area contributed by atoms with Crippen LogP contribution in [0.25, 0.3) is 0 Å². The zero-order valence-corrected chi connectivity index (χ0v) is 11.3. The molecule has 3 unspecified atom stereocenters. The minimum Gasteiger partial charge on any atom is -0.317 e. The third kappa shape index (κ3) is 4.88. The van der Waals surface area contributed by atoms with Gasteiger partial charge < -0.3 is 10.2 Å². The Hall–Kier alpha value is -0.220. The summed E-state index contributed by atoms with van der Waals surface area (Å²) in [6.07, 6.45) is 2.62. The third-order valence-electron chi connectivity index (χ3n) is 4.04. The predicted octanol–water partition coefficient (Wildman–Crippen LogP) is 2.60. The Morgan fingerprint density at radius 1 is 1.35 bits per heavy atom. The first kappa shape index (κ1) is 14.8. The Balaban J connectivity index is 2.45. The molecule has 1 N–H and O–H groups in total. The van der Waals surface area contributed by atoms with Crippen molar-refractivity contribution in [1.29, 1.82) is 0 Å². The monoisotopic (exact) mass is 248 g/mol. The number of nitrogens with one attached hydrogen (secondary N) is 1. The topological polar surface area (TPSA) is 15.3 Å². The van der Waals surface area contributed by atoms with Crippen LogP contribution in [0.1, 0.15) is 32.6 Å². The second-order valence-electron chi connectivity index (χ2n) is 5.35. The molecule has 102 valence electrons. The maximum atomic E-state index is 12.3. The molecule has 2 nitrogen and oxygen atoms in total. The molecule has 1 saturated carbocycles. The Labute approximate surface area is 104 Å². The van der Waals surface area contributed by atoms with Crippen molar-refractivity contribution in [3.63, 3.8) is 0 Å².